The third-order valence-electron chi connectivity index (χ3n) is 27.0. The van der Waals surface area contributed by atoms with Crippen LogP contribution in [0.5, 0.6) is 0 Å². The number of hydrogen-bond donors (Lipinski definition) is 5. The van der Waals surface area contributed by atoms with Gasteiger partial charge in [0.1, 0.15) is 6.10 Å². The minimum Gasteiger partial charge on any atom is -0.384 e. The van der Waals surface area contributed by atoms with Gasteiger partial charge in [-0.2, -0.15) is 0 Å². The first kappa shape index (κ1) is 99.9. The quantitative estimate of drug-likeness (QED) is 0.0565. The lowest BCUT2D eigenvalue weighted by molar-refractivity contribution is -0.141. The van der Waals surface area contributed by atoms with E-state index in [1.54, 1.807) is 61.4 Å². The van der Waals surface area contributed by atoms with Crippen molar-refractivity contribution >= 4 is 140 Å². The fourth-order valence-corrected chi connectivity index (χ4v) is 19.4. The Hall–Kier alpha value is -14.2. The molecular weight excluding hydrogens is 1850 g/mol. The molecule has 1 saturated carbocycles. The molecule has 0 aromatic carbocycles. The highest BCUT2D eigenvalue weighted by molar-refractivity contribution is 5.92. The maximum atomic E-state index is 12.5. The predicted octanol–water partition coefficient (Wildman–Crippen LogP) is 4.00. The van der Waals surface area contributed by atoms with Crippen LogP contribution < -0.4 is 62.1 Å². The van der Waals surface area contributed by atoms with E-state index in [1.807, 2.05) is 21.6 Å². The summed E-state index contributed by atoms with van der Waals surface area (Å²) in [6.45, 7) is 46.4. The number of morpholine rings is 4. The van der Waals surface area contributed by atoms with Gasteiger partial charge in [0, 0.05) is 238 Å². The highest BCUT2D eigenvalue weighted by Gasteiger charge is 2.39. The molecule has 9 aliphatic rings. The van der Waals surface area contributed by atoms with Gasteiger partial charge in [-0.1, -0.05) is 41.5 Å². The van der Waals surface area contributed by atoms with E-state index in [2.05, 4.69) is 160 Å². The zero-order valence-electron chi connectivity index (χ0n) is 84.1. The van der Waals surface area contributed by atoms with Crippen LogP contribution in [-0.2, 0) is 64.3 Å². The predicted molar refractivity (Wildman–Crippen MR) is 545 cm³/mol. The van der Waals surface area contributed by atoms with Gasteiger partial charge in [-0.25, -0.2) is 99.7 Å². The molecule has 5 atom stereocenters. The molecule has 12 aromatic heterocycles. The maximum Gasteiger partial charge on any atom is 0.251 e. The summed E-state index contributed by atoms with van der Waals surface area (Å²) in [6, 6.07) is 0.227. The van der Waals surface area contributed by atoms with E-state index in [0.717, 1.165) is 170 Å². The lowest BCUT2D eigenvalue weighted by Gasteiger charge is -2.40. The molecule has 9 fully saturated rings. The van der Waals surface area contributed by atoms with Gasteiger partial charge in [0.15, 0.2) is 91.2 Å². The number of nitrogen functional groups attached to an aromatic ring is 4. The number of hydrogen-bond acceptors (Lipinski definition) is 41. The molecule has 49 nitrogen and oxygen atoms in total. The van der Waals surface area contributed by atoms with Crippen molar-refractivity contribution in [2.45, 2.75) is 152 Å². The van der Waals surface area contributed by atoms with E-state index in [4.69, 9.17) is 102 Å². The van der Waals surface area contributed by atoms with Crippen LogP contribution in [0.3, 0.4) is 0 Å². The normalized spacial score (nSPS) is 19.6. The second-order valence-corrected chi connectivity index (χ2v) is 39.4. The van der Waals surface area contributed by atoms with Gasteiger partial charge in [0.2, 0.25) is 66.3 Å². The van der Waals surface area contributed by atoms with Gasteiger partial charge in [0.25, 0.3) is 5.91 Å². The average Bonchev–Trinajstić information content (AvgIpc) is 1.58. The molecule has 49 heteroatoms. The number of carbonyl (C=O) groups excluding carboxylic acids is 4. The van der Waals surface area contributed by atoms with E-state index in [9.17, 15) is 24.3 Å². The number of nitrogens with two attached hydrogens (primary N) is 4. The first-order valence-electron chi connectivity index (χ1n) is 50.0. The Labute approximate surface area is 833 Å². The summed E-state index contributed by atoms with van der Waals surface area (Å²) in [7, 11) is 0. The van der Waals surface area contributed by atoms with Crippen molar-refractivity contribution in [3.8, 4) is 45.6 Å². The Morgan fingerprint density at radius 1 is 0.347 bits per heavy atom. The Kier molecular flexibility index (Phi) is 30.5. The third kappa shape index (κ3) is 22.1. The minimum atomic E-state index is -1.01. The molecule has 4 amide bonds. The molecule has 21 rings (SSSR count). The van der Waals surface area contributed by atoms with Crippen LogP contribution >= 0.6 is 0 Å². The molecule has 0 bridgehead atoms. The topological polar surface area (TPSA) is 546 Å². The molecule has 12 aromatic rings. The molecule has 9 N–H and O–H groups in total. The summed E-state index contributed by atoms with van der Waals surface area (Å²) in [6.07, 6.45) is 16.4. The number of imidazole rings is 4. The second kappa shape index (κ2) is 43.9. The highest BCUT2D eigenvalue weighted by atomic mass is 16.5. The van der Waals surface area contributed by atoms with Gasteiger partial charge in [-0.3, -0.25) is 37.4 Å². The zero-order valence-corrected chi connectivity index (χ0v) is 84.1. The summed E-state index contributed by atoms with van der Waals surface area (Å²) in [5.74, 6) is 11.1. The van der Waals surface area contributed by atoms with Gasteiger partial charge in [0.05, 0.1) is 75.1 Å². The minimum absolute atomic E-state index is 0.0627. The van der Waals surface area contributed by atoms with Crippen molar-refractivity contribution in [2.24, 2.45) is 23.7 Å². The third-order valence-corrected chi connectivity index (χ3v) is 27.0. The van der Waals surface area contributed by atoms with Crippen LogP contribution in [0.4, 0.5) is 70.9 Å². The van der Waals surface area contributed by atoms with Crippen molar-refractivity contribution in [2.75, 3.05) is 246 Å². The van der Waals surface area contributed by atoms with Gasteiger partial charge in [-0.05, 0) is 71.1 Å². The number of aliphatic hydroxyl groups excluding tert-OH is 1. The number of amides is 4. The fourth-order valence-electron chi connectivity index (χ4n) is 19.4. The number of carbonyl (C=O) groups is 4. The van der Waals surface area contributed by atoms with Gasteiger partial charge in [-0.15, -0.1) is 0 Å². The SMILES string of the molecule is CC(=O)N1CCN(c2nc3c(N4CCOCC4)nc(-c4cnc(N)nc4)nc3n2CC(C)C)C[C@@H]1C.CC(C)Cn1c(N2CCN(C=O)[C@@H](C)C2)nc2c(N3CCOCC3)nc(-c3cnc(N)nc3)nc21.CC(C)Cn1c(N2CCN(C=O)[C@H](C)C2)nc2c(N3CCOCC3)nc(-c3cnc(N)nc3)nc21.C[C@H](O)C(=O)N1CCN(c2nc3c(N4CCOCC4)nc(-c4cnc(N)nc4)nc3n2CC2CC2)C[C@H]1C. The number of aromatic nitrogens is 24. The molecule has 0 radical (unpaired) electrons. The van der Waals surface area contributed by atoms with E-state index in [1.165, 1.54) is 19.8 Å². The lowest BCUT2D eigenvalue weighted by Crippen LogP contribution is -2.56. The van der Waals surface area contributed by atoms with Crippen molar-refractivity contribution in [3.05, 3.63) is 49.6 Å². The Bertz CT molecular complexity index is 6290. The lowest BCUT2D eigenvalue weighted by atomic mass is 10.1. The molecule has 0 unspecified atom stereocenters. The number of piperazine rings is 4. The number of rotatable bonds is 23. The standard InChI is InChI=1S/C25H34N10O3.C24H34N10O2.2C23H32N10O2/c1-15-13-33(5-6-34(15)23(37)16(2)36)25-29-19-21(32-7-9-38-10-8-32)30-20(18-11-27-24(26)28-12-18)31-22(19)35(25)14-17-3-4-17;1-15(2)13-34-22-19(28-24(34)32-5-6-33(17(4)35)16(3)14-32)21(31-7-9-36-10-8-31)29-20(30-22)18-11-26-23(25)27-12-18;2*1-15(2)12-33-21-18(27-23(33)31-4-5-32(14-34)16(3)13-31)20(30-6-8-35-9-7-30)28-19(29-21)17-10-25-22(24)26-11-17/h11-12,15-17,36H,3-10,13-14H2,1-2H3,(H2,26,27,28);11-12,15-16H,5-10,13-14H2,1-4H3,(H2,25,26,27);2*10-11,14-16H,4-9,12-13H2,1-3H3,(H2,24,25,26)/t15-,16+;3*16-/m1010/s1. The Morgan fingerprint density at radius 3 is 0.847 bits per heavy atom. The molecular formula is C95H132N40O9. The summed E-state index contributed by atoms with van der Waals surface area (Å²) >= 11 is 0. The number of fused-ring (bicyclic) bond motifs is 4. The summed E-state index contributed by atoms with van der Waals surface area (Å²) < 4.78 is 31.2. The fraction of sp³-hybridized carbons (Fsp3) is 0.579. The highest BCUT2D eigenvalue weighted by Crippen LogP contribution is 2.41. The van der Waals surface area contributed by atoms with Crippen LogP contribution in [0.1, 0.15) is 95.9 Å². The molecule has 8 aliphatic heterocycles. The van der Waals surface area contributed by atoms with Gasteiger partial charge < -0.3 is 106 Å². The summed E-state index contributed by atoms with van der Waals surface area (Å²) in [5, 5.41) is 9.84. The molecule has 0 spiro atoms. The van der Waals surface area contributed by atoms with Crippen LogP contribution in [-0.4, -0.2) is 381 Å². The Morgan fingerprint density at radius 2 is 0.604 bits per heavy atom. The number of nitrogens with zero attached hydrogens (tertiary/aromatic N) is 36. The number of ether oxygens (including phenoxy) is 4. The van der Waals surface area contributed by atoms with E-state index in [-0.39, 0.29) is 59.8 Å². The van der Waals surface area contributed by atoms with Crippen molar-refractivity contribution in [1.29, 1.82) is 0 Å². The smallest absolute Gasteiger partial charge is 0.251 e. The summed E-state index contributed by atoms with van der Waals surface area (Å²) in [5.41, 5.74) is 31.8. The largest absolute Gasteiger partial charge is 0.384 e. The molecule has 144 heavy (non-hydrogen) atoms. The monoisotopic (exact) mass is 1980 g/mol. The van der Waals surface area contributed by atoms with E-state index >= 15 is 0 Å². The second-order valence-electron chi connectivity index (χ2n) is 39.4. The first-order valence-corrected chi connectivity index (χ1v) is 50.0. The van der Waals surface area contributed by atoms with Crippen molar-refractivity contribution in [3.63, 3.8) is 0 Å². The van der Waals surface area contributed by atoms with Crippen molar-refractivity contribution in [1.82, 2.24) is 138 Å². The van der Waals surface area contributed by atoms with E-state index in [0.29, 0.717) is 214 Å². The first-order chi connectivity index (χ1) is 69.6. The van der Waals surface area contributed by atoms with E-state index < -0.39 is 6.10 Å². The Balaban J connectivity index is 0.000000126. The maximum absolute atomic E-state index is 12.5. The molecule has 20 heterocycles. The zero-order chi connectivity index (χ0) is 101. The number of anilines is 12. The van der Waals surface area contributed by atoms with Crippen molar-refractivity contribution < 1.29 is 43.2 Å². The van der Waals surface area contributed by atoms with Gasteiger partial charge >= 0.3 is 0 Å². The molecule has 1 aliphatic carbocycles. The molecule has 8 saturated heterocycles. The average molecular weight is 1980 g/mol. The van der Waals surface area contributed by atoms with Crippen LogP contribution in [0.15, 0.2) is 49.6 Å². The van der Waals surface area contributed by atoms with Crippen LogP contribution in [0, 0.1) is 23.7 Å². The van der Waals surface area contributed by atoms with Crippen LogP contribution in [0.2, 0.25) is 0 Å². The van der Waals surface area contributed by atoms with Crippen LogP contribution in [0.25, 0.3) is 90.2 Å². The molecule has 766 valence electrons. The summed E-state index contributed by atoms with van der Waals surface area (Å²) in [4.78, 5) is 166. The number of aliphatic hydroxyl groups is 1.